The molecule has 5 nitrogen and oxygen atoms in total. The molecular formula is C14H25BrN2O3S. The second kappa shape index (κ2) is 8.92. The summed E-state index contributed by atoms with van der Waals surface area (Å²) < 4.78 is 33.0. The fourth-order valence-corrected chi connectivity index (χ4v) is 4.05. The number of furan rings is 1. The molecule has 122 valence electrons. The third-order valence-electron chi connectivity index (χ3n) is 3.44. The molecular weight excluding hydrogens is 356 g/mol. The second-order valence-electron chi connectivity index (χ2n) is 5.06. The van der Waals surface area contributed by atoms with Crippen molar-refractivity contribution in [1.29, 1.82) is 0 Å². The van der Waals surface area contributed by atoms with Crippen LogP contribution in [0.4, 0.5) is 0 Å². The fourth-order valence-electron chi connectivity index (χ4n) is 1.94. The van der Waals surface area contributed by atoms with Gasteiger partial charge < -0.3 is 9.73 Å². The average Bonchev–Trinajstić information content (AvgIpc) is 2.82. The van der Waals surface area contributed by atoms with E-state index in [4.69, 9.17) is 4.42 Å². The van der Waals surface area contributed by atoms with Gasteiger partial charge in [0.2, 0.25) is 10.0 Å². The molecule has 0 aliphatic heterocycles. The summed E-state index contributed by atoms with van der Waals surface area (Å²) in [6, 6.07) is 1.57. The molecule has 7 heteroatoms. The van der Waals surface area contributed by atoms with Crippen molar-refractivity contribution in [3.63, 3.8) is 0 Å². The van der Waals surface area contributed by atoms with E-state index in [1.165, 1.54) is 0 Å². The SMILES string of the molecule is CCCNCc1cc(S(=O)(=O)NCC(CC)CC)c(Br)o1. The summed E-state index contributed by atoms with van der Waals surface area (Å²) in [5.74, 6) is 0.967. The number of sulfonamides is 1. The van der Waals surface area contributed by atoms with Gasteiger partial charge in [0.25, 0.3) is 0 Å². The minimum absolute atomic E-state index is 0.168. The Morgan fingerprint density at radius 3 is 2.52 bits per heavy atom. The standard InChI is InChI=1S/C14H25BrN2O3S/c1-4-7-16-10-12-8-13(14(15)20-12)21(18,19)17-9-11(5-2)6-3/h8,11,16-17H,4-7,9-10H2,1-3H3. The van der Waals surface area contributed by atoms with Gasteiger partial charge in [-0.2, -0.15) is 0 Å². The molecule has 0 spiro atoms. The van der Waals surface area contributed by atoms with Crippen LogP contribution >= 0.6 is 15.9 Å². The minimum Gasteiger partial charge on any atom is -0.452 e. The van der Waals surface area contributed by atoms with Crippen LogP contribution in [0.25, 0.3) is 0 Å². The van der Waals surface area contributed by atoms with Crippen LogP contribution in [0.5, 0.6) is 0 Å². The second-order valence-corrected chi connectivity index (χ2v) is 7.52. The van der Waals surface area contributed by atoms with Gasteiger partial charge in [0, 0.05) is 12.6 Å². The Morgan fingerprint density at radius 2 is 1.95 bits per heavy atom. The Balaban J connectivity index is 2.74. The molecule has 1 aromatic heterocycles. The van der Waals surface area contributed by atoms with Gasteiger partial charge in [0.1, 0.15) is 10.7 Å². The van der Waals surface area contributed by atoms with Crippen molar-refractivity contribution in [1.82, 2.24) is 10.0 Å². The Bertz CT molecular complexity index is 524. The molecule has 0 aliphatic rings. The highest BCUT2D eigenvalue weighted by atomic mass is 79.9. The van der Waals surface area contributed by atoms with Gasteiger partial charge in [-0.1, -0.05) is 33.6 Å². The van der Waals surface area contributed by atoms with E-state index in [1.807, 2.05) is 0 Å². The van der Waals surface area contributed by atoms with Crippen molar-refractivity contribution in [2.75, 3.05) is 13.1 Å². The molecule has 0 amide bonds. The van der Waals surface area contributed by atoms with Crippen molar-refractivity contribution < 1.29 is 12.8 Å². The highest BCUT2D eigenvalue weighted by Crippen LogP contribution is 2.26. The molecule has 1 rings (SSSR count). The molecule has 0 bridgehead atoms. The zero-order valence-corrected chi connectivity index (χ0v) is 15.3. The van der Waals surface area contributed by atoms with E-state index in [-0.39, 0.29) is 9.56 Å². The summed E-state index contributed by atoms with van der Waals surface area (Å²) >= 11 is 3.19. The molecule has 1 aromatic rings. The highest BCUT2D eigenvalue weighted by molar-refractivity contribution is 9.10. The first-order valence-corrected chi connectivity index (χ1v) is 9.70. The minimum atomic E-state index is -3.53. The number of hydrogen-bond donors (Lipinski definition) is 2. The van der Waals surface area contributed by atoms with Crippen LogP contribution in [-0.2, 0) is 16.6 Å². The maximum absolute atomic E-state index is 12.3. The van der Waals surface area contributed by atoms with Crippen LogP contribution in [0.1, 0.15) is 45.8 Å². The summed E-state index contributed by atoms with van der Waals surface area (Å²) in [5.41, 5.74) is 0. The van der Waals surface area contributed by atoms with E-state index < -0.39 is 10.0 Å². The van der Waals surface area contributed by atoms with Crippen LogP contribution in [0.2, 0.25) is 0 Å². The maximum atomic E-state index is 12.3. The van der Waals surface area contributed by atoms with Crippen LogP contribution in [-0.4, -0.2) is 21.5 Å². The van der Waals surface area contributed by atoms with Gasteiger partial charge in [-0.05, 0) is 34.8 Å². The van der Waals surface area contributed by atoms with Crippen LogP contribution < -0.4 is 10.0 Å². The van der Waals surface area contributed by atoms with Crippen molar-refractivity contribution in [3.8, 4) is 0 Å². The first-order valence-electron chi connectivity index (χ1n) is 7.43. The number of hydrogen-bond acceptors (Lipinski definition) is 4. The lowest BCUT2D eigenvalue weighted by Gasteiger charge is -2.12. The summed E-state index contributed by atoms with van der Waals surface area (Å²) in [4.78, 5) is 0.168. The lowest BCUT2D eigenvalue weighted by Crippen LogP contribution is -2.29. The molecule has 0 saturated carbocycles. The number of rotatable bonds is 10. The van der Waals surface area contributed by atoms with Crippen molar-refractivity contribution in [2.45, 2.75) is 51.5 Å². The van der Waals surface area contributed by atoms with Gasteiger partial charge in [0.15, 0.2) is 4.67 Å². The van der Waals surface area contributed by atoms with Gasteiger partial charge in [0.05, 0.1) is 6.54 Å². The van der Waals surface area contributed by atoms with Crippen molar-refractivity contribution in [2.24, 2.45) is 5.92 Å². The molecule has 0 atom stereocenters. The molecule has 0 unspecified atom stereocenters. The average molecular weight is 381 g/mol. The Morgan fingerprint density at radius 1 is 1.29 bits per heavy atom. The lowest BCUT2D eigenvalue weighted by atomic mass is 10.0. The van der Waals surface area contributed by atoms with Crippen molar-refractivity contribution >= 4 is 26.0 Å². The monoisotopic (exact) mass is 380 g/mol. The first-order chi connectivity index (χ1) is 9.94. The zero-order chi connectivity index (χ0) is 15.9. The summed E-state index contributed by atoms with van der Waals surface area (Å²) in [5, 5.41) is 3.18. The molecule has 21 heavy (non-hydrogen) atoms. The van der Waals surface area contributed by atoms with Crippen molar-refractivity contribution in [3.05, 3.63) is 16.5 Å². The van der Waals surface area contributed by atoms with Crippen LogP contribution in [0, 0.1) is 5.92 Å². The Hall–Kier alpha value is -0.370. The molecule has 0 fully saturated rings. The molecule has 2 N–H and O–H groups in total. The molecule has 0 aliphatic carbocycles. The smallest absolute Gasteiger partial charge is 0.244 e. The van der Waals surface area contributed by atoms with Gasteiger partial charge in [-0.3, -0.25) is 0 Å². The van der Waals surface area contributed by atoms with E-state index in [2.05, 4.69) is 46.7 Å². The summed E-state index contributed by atoms with van der Waals surface area (Å²) in [6.07, 6.45) is 2.93. The normalized spacial score (nSPS) is 12.2. The third-order valence-corrected chi connectivity index (χ3v) is 5.72. The van der Waals surface area contributed by atoms with E-state index in [9.17, 15) is 8.42 Å². The van der Waals surface area contributed by atoms with Gasteiger partial charge >= 0.3 is 0 Å². The predicted molar refractivity (Wildman–Crippen MR) is 87.7 cm³/mol. The first kappa shape index (κ1) is 18.7. The maximum Gasteiger partial charge on any atom is 0.244 e. The highest BCUT2D eigenvalue weighted by Gasteiger charge is 2.23. The molecule has 0 saturated heterocycles. The summed E-state index contributed by atoms with van der Waals surface area (Å²) in [6.45, 7) is 8.04. The van der Waals surface area contributed by atoms with E-state index in [0.717, 1.165) is 25.8 Å². The number of halogens is 1. The van der Waals surface area contributed by atoms with E-state index >= 15 is 0 Å². The van der Waals surface area contributed by atoms with E-state index in [0.29, 0.717) is 24.8 Å². The molecule has 0 aromatic carbocycles. The fraction of sp³-hybridized carbons (Fsp3) is 0.714. The summed E-state index contributed by atoms with van der Waals surface area (Å²) in [7, 11) is -3.53. The van der Waals surface area contributed by atoms with Crippen LogP contribution in [0.3, 0.4) is 0 Å². The topological polar surface area (TPSA) is 71.3 Å². The Kier molecular flexibility index (Phi) is 7.94. The van der Waals surface area contributed by atoms with Crippen LogP contribution in [0.15, 0.2) is 20.0 Å². The quantitative estimate of drug-likeness (QED) is 0.611. The molecule has 1 heterocycles. The zero-order valence-electron chi connectivity index (χ0n) is 12.9. The largest absolute Gasteiger partial charge is 0.452 e. The lowest BCUT2D eigenvalue weighted by molar-refractivity contribution is 0.459. The molecule has 0 radical (unpaired) electrons. The number of nitrogens with one attached hydrogen (secondary N) is 2. The van der Waals surface area contributed by atoms with E-state index in [1.54, 1.807) is 6.07 Å². The third kappa shape index (κ3) is 5.73. The Labute approximate surface area is 136 Å². The van der Waals surface area contributed by atoms with Gasteiger partial charge in [-0.15, -0.1) is 0 Å². The van der Waals surface area contributed by atoms with Gasteiger partial charge in [-0.25, -0.2) is 13.1 Å². The predicted octanol–water partition coefficient (Wildman–Crippen LogP) is 3.26.